The molecule has 0 atom stereocenters. The van der Waals surface area contributed by atoms with Crippen LogP contribution in [0.4, 0.5) is 0 Å². The van der Waals surface area contributed by atoms with Crippen LogP contribution in [0.2, 0.25) is 0 Å². The highest BCUT2D eigenvalue weighted by Crippen LogP contribution is 1.83. The van der Waals surface area contributed by atoms with Crippen molar-refractivity contribution in [2.24, 2.45) is 5.92 Å². The summed E-state index contributed by atoms with van der Waals surface area (Å²) in [7, 11) is 0. The van der Waals surface area contributed by atoms with Crippen LogP contribution in [-0.4, -0.2) is 23.9 Å². The maximum absolute atomic E-state index is 8.24. The second-order valence-electron chi connectivity index (χ2n) is 1.76. The van der Waals surface area contributed by atoms with Crippen molar-refractivity contribution < 1.29 is 14.7 Å². The summed E-state index contributed by atoms with van der Waals surface area (Å²) >= 11 is 0. The first-order chi connectivity index (χ1) is 5.10. The smallest absolute Gasteiger partial charge is 0.0453 e. The summed E-state index contributed by atoms with van der Waals surface area (Å²) in [6, 6.07) is 0. The van der Waals surface area contributed by atoms with Gasteiger partial charge in [0.1, 0.15) is 0 Å². The van der Waals surface area contributed by atoms with E-state index in [9.17, 15) is 0 Å². The van der Waals surface area contributed by atoms with Crippen molar-refractivity contribution in [3.8, 4) is 0 Å². The minimum atomic E-state index is 0.306. The van der Waals surface area contributed by atoms with E-state index in [1.165, 1.54) is 0 Å². The lowest BCUT2D eigenvalue weighted by atomic mass is 10.2. The van der Waals surface area contributed by atoms with Gasteiger partial charge in [-0.3, -0.25) is 9.59 Å². The average molecular weight is 158 g/mol. The summed E-state index contributed by atoms with van der Waals surface area (Å²) in [5.74, 6) is 0.440. The van der Waals surface area contributed by atoms with E-state index in [1.807, 2.05) is 13.8 Å². The average Bonchev–Trinajstić information content (AvgIpc) is 1.91. The Kier molecular flexibility index (Phi) is 34.7. The van der Waals surface area contributed by atoms with Crippen molar-refractivity contribution in [3.05, 3.63) is 10.8 Å². The van der Waals surface area contributed by atoms with Gasteiger partial charge in [-0.1, -0.05) is 13.8 Å². The van der Waals surface area contributed by atoms with E-state index in [2.05, 4.69) is 0 Å². The molecule has 5 heteroatoms. The van der Waals surface area contributed by atoms with Crippen LogP contribution in [0.1, 0.15) is 13.8 Å². The highest BCUT2D eigenvalue weighted by atomic mass is 16.3. The fraction of sp³-hybridized carbons (Fsp3) is 0.667. The molecule has 0 aliphatic heterocycles. The quantitative estimate of drug-likeness (QED) is 0.442. The molecule has 0 aromatic heterocycles. The largest absolute Gasteiger partial charge is 0.724 e. The fourth-order valence-electron chi connectivity index (χ4n) is 0. The number of isocyanates is 2. The molecule has 0 amide bonds. The molecular formula is C6H10N2O3-2. The van der Waals surface area contributed by atoms with Crippen molar-refractivity contribution in [3.63, 3.8) is 0 Å². The number of nitrogens with zero attached hydrogens (tertiary/aromatic N) is 2. The van der Waals surface area contributed by atoms with E-state index in [0.717, 1.165) is 0 Å². The van der Waals surface area contributed by atoms with Crippen LogP contribution in [0, 0.1) is 5.92 Å². The fourth-order valence-corrected chi connectivity index (χ4v) is 0. The molecule has 0 radical (unpaired) electrons. The minimum Gasteiger partial charge on any atom is -0.724 e. The molecule has 64 valence electrons. The molecule has 0 aliphatic rings. The van der Waals surface area contributed by atoms with Crippen molar-refractivity contribution in [1.29, 1.82) is 0 Å². The molecule has 0 unspecified atom stereocenters. The minimum absolute atomic E-state index is 0.306. The standard InChI is InChI=1S/C4H10O.2CNO/c1-4(2)3-5;2*2-1-3/h4-5H,3H2,1-2H3;;/q;2*-1. The molecule has 5 nitrogen and oxygen atoms in total. The third-order valence-electron chi connectivity index (χ3n) is 0.365. The number of aliphatic hydroxyl groups is 1. The topological polar surface area (TPSA) is 99.0 Å². The van der Waals surface area contributed by atoms with Gasteiger partial charge in [0.05, 0.1) is 0 Å². The monoisotopic (exact) mass is 158 g/mol. The third kappa shape index (κ3) is 760. The first kappa shape index (κ1) is 16.4. The zero-order valence-electron chi connectivity index (χ0n) is 6.44. The van der Waals surface area contributed by atoms with Gasteiger partial charge in [-0.05, 0) is 18.1 Å². The Balaban J connectivity index is -0.0000000933. The summed E-state index contributed by atoms with van der Waals surface area (Å²) in [5.41, 5.74) is 0. The molecule has 11 heavy (non-hydrogen) atoms. The number of hydrogen-bond acceptors (Lipinski definition) is 3. The SMILES string of the molecule is CC(C)CO.[N-]=C=O.[N-]=C=O. The van der Waals surface area contributed by atoms with Gasteiger partial charge in [-0.25, -0.2) is 0 Å². The maximum Gasteiger partial charge on any atom is 0.0453 e. The molecule has 1 N–H and O–H groups in total. The van der Waals surface area contributed by atoms with E-state index in [0.29, 0.717) is 24.7 Å². The van der Waals surface area contributed by atoms with Gasteiger partial charge in [0.25, 0.3) is 0 Å². The predicted octanol–water partition coefficient (Wildman–Crippen LogP) is 0.418. The highest BCUT2D eigenvalue weighted by Gasteiger charge is 1.81. The predicted molar refractivity (Wildman–Crippen MR) is 40.0 cm³/mol. The first-order valence-corrected chi connectivity index (χ1v) is 2.73. The van der Waals surface area contributed by atoms with Crippen LogP contribution in [0.25, 0.3) is 10.8 Å². The van der Waals surface area contributed by atoms with Gasteiger partial charge in [0.15, 0.2) is 0 Å². The van der Waals surface area contributed by atoms with Gasteiger partial charge in [0.2, 0.25) is 0 Å². The lowest BCUT2D eigenvalue weighted by Crippen LogP contribution is -1.90. The summed E-state index contributed by atoms with van der Waals surface area (Å²) in [5, 5.41) is 21.7. The Morgan fingerprint density at radius 2 is 1.36 bits per heavy atom. The van der Waals surface area contributed by atoms with Crippen LogP contribution >= 0.6 is 0 Å². The first-order valence-electron chi connectivity index (χ1n) is 2.73. The third-order valence-corrected chi connectivity index (χ3v) is 0.365. The summed E-state index contributed by atoms with van der Waals surface area (Å²) in [6.45, 7) is 4.25. The zero-order chi connectivity index (χ0) is 9.70. The normalized spacial score (nSPS) is 5.82. The van der Waals surface area contributed by atoms with Gasteiger partial charge in [0, 0.05) is 6.61 Å². The second-order valence-corrected chi connectivity index (χ2v) is 1.76. The van der Waals surface area contributed by atoms with Gasteiger partial charge < -0.3 is 15.9 Å². The van der Waals surface area contributed by atoms with Gasteiger partial charge >= 0.3 is 0 Å². The van der Waals surface area contributed by atoms with Crippen LogP contribution in [0.15, 0.2) is 0 Å². The maximum atomic E-state index is 8.24. The van der Waals surface area contributed by atoms with Gasteiger partial charge in [-0.2, -0.15) is 0 Å². The van der Waals surface area contributed by atoms with E-state index in [-0.39, 0.29) is 0 Å². The Morgan fingerprint density at radius 3 is 1.36 bits per heavy atom. The van der Waals surface area contributed by atoms with E-state index < -0.39 is 0 Å². The molecule has 0 aromatic carbocycles. The number of carbonyl (C=O) groups excluding carboxylic acids is 2. The molecule has 0 rings (SSSR count). The summed E-state index contributed by atoms with van der Waals surface area (Å²) < 4.78 is 0. The summed E-state index contributed by atoms with van der Waals surface area (Å²) in [4.78, 5) is 16.5. The van der Waals surface area contributed by atoms with Crippen LogP contribution in [0.5, 0.6) is 0 Å². The molecule has 0 heterocycles. The lowest BCUT2D eigenvalue weighted by molar-refractivity contribution is 0.248. The van der Waals surface area contributed by atoms with Crippen molar-refractivity contribution in [2.45, 2.75) is 13.8 Å². The number of aliphatic hydroxyl groups excluding tert-OH is 1. The highest BCUT2D eigenvalue weighted by molar-refractivity contribution is 5.37. The molecule has 0 saturated carbocycles. The van der Waals surface area contributed by atoms with E-state index in [1.54, 1.807) is 0 Å². The van der Waals surface area contributed by atoms with Gasteiger partial charge in [-0.15, -0.1) is 0 Å². The Hall–Kier alpha value is -1.28. The Labute approximate surface area is 65.1 Å². The molecule has 0 aliphatic carbocycles. The number of rotatable bonds is 1. The Bertz CT molecular complexity index is 110. The van der Waals surface area contributed by atoms with E-state index in [4.69, 9.17) is 25.5 Å². The van der Waals surface area contributed by atoms with Crippen molar-refractivity contribution in [1.82, 2.24) is 0 Å². The van der Waals surface area contributed by atoms with Crippen LogP contribution in [0.3, 0.4) is 0 Å². The summed E-state index contributed by atoms with van der Waals surface area (Å²) in [6.07, 6.45) is 1.00. The van der Waals surface area contributed by atoms with Crippen molar-refractivity contribution in [2.75, 3.05) is 6.61 Å². The van der Waals surface area contributed by atoms with E-state index >= 15 is 0 Å². The molecule has 0 fully saturated rings. The molecule has 0 saturated heterocycles. The Morgan fingerprint density at radius 1 is 1.27 bits per heavy atom. The van der Waals surface area contributed by atoms with Crippen molar-refractivity contribution >= 4 is 12.2 Å². The molecule has 0 bridgehead atoms. The zero-order valence-corrected chi connectivity index (χ0v) is 6.44. The lowest BCUT2D eigenvalue weighted by Gasteiger charge is -1.90. The molecule has 0 aromatic rings. The van der Waals surface area contributed by atoms with Crippen LogP contribution in [-0.2, 0) is 9.59 Å². The molecule has 0 spiro atoms. The number of hydrogen-bond donors (Lipinski definition) is 1. The van der Waals surface area contributed by atoms with Crippen LogP contribution < -0.4 is 0 Å². The molecular weight excluding hydrogens is 148 g/mol. The second kappa shape index (κ2) is 23.3.